The lowest BCUT2D eigenvalue weighted by atomic mass is 10.1. The third kappa shape index (κ3) is 6.78. The zero-order chi connectivity index (χ0) is 18.2. The number of methoxy groups -OCH3 is 1. The number of hydrogen-bond donors (Lipinski definition) is 1. The highest BCUT2D eigenvalue weighted by Crippen LogP contribution is 2.29. The van der Waals surface area contributed by atoms with Crippen molar-refractivity contribution in [2.45, 2.75) is 33.1 Å². The van der Waals surface area contributed by atoms with Gasteiger partial charge in [0.15, 0.2) is 0 Å². The Balaban J connectivity index is 2.65. The van der Waals surface area contributed by atoms with Gasteiger partial charge < -0.3 is 10.1 Å². The van der Waals surface area contributed by atoms with Gasteiger partial charge >= 0.3 is 0 Å². The number of carbonyl (C=O) groups is 1. The first-order chi connectivity index (χ1) is 11.3. The normalized spacial score (nSPS) is 11.4. The van der Waals surface area contributed by atoms with Gasteiger partial charge in [0.2, 0.25) is 15.9 Å². The Labute approximate surface area is 145 Å². The van der Waals surface area contributed by atoms with Crippen LogP contribution in [-0.4, -0.2) is 40.8 Å². The Kier molecular flexibility index (Phi) is 8.04. The fraction of sp³-hybridized carbons (Fsp3) is 0.588. The predicted octanol–water partition coefficient (Wildman–Crippen LogP) is 2.40. The molecule has 0 saturated carbocycles. The Hall–Kier alpha value is -1.76. The van der Waals surface area contributed by atoms with Gasteiger partial charge in [-0.3, -0.25) is 9.10 Å². The summed E-state index contributed by atoms with van der Waals surface area (Å²) in [5, 5.41) is 2.86. The number of para-hydroxylation sites is 2. The molecule has 0 radical (unpaired) electrons. The number of benzene rings is 1. The summed E-state index contributed by atoms with van der Waals surface area (Å²) in [6.45, 7) is 5.09. The number of nitrogens with one attached hydrogen (secondary N) is 1. The van der Waals surface area contributed by atoms with Crippen molar-refractivity contribution in [1.82, 2.24) is 5.32 Å². The number of carbonyl (C=O) groups excluding carboxylic acids is 1. The van der Waals surface area contributed by atoms with E-state index in [9.17, 15) is 13.2 Å². The molecule has 6 nitrogen and oxygen atoms in total. The Morgan fingerprint density at radius 1 is 1.29 bits per heavy atom. The summed E-state index contributed by atoms with van der Waals surface area (Å²) in [5.41, 5.74) is 0.489. The summed E-state index contributed by atoms with van der Waals surface area (Å²) in [4.78, 5) is 11.8. The summed E-state index contributed by atoms with van der Waals surface area (Å²) in [6.07, 6.45) is 2.82. The molecule has 1 N–H and O–H groups in total. The molecular formula is C17H28N2O4S. The van der Waals surface area contributed by atoms with Crippen LogP contribution < -0.4 is 14.4 Å². The second-order valence-corrected chi connectivity index (χ2v) is 8.05. The maximum Gasteiger partial charge on any atom is 0.232 e. The summed E-state index contributed by atoms with van der Waals surface area (Å²) >= 11 is 0. The van der Waals surface area contributed by atoms with Crippen LogP contribution in [0.1, 0.15) is 33.1 Å². The Bertz CT molecular complexity index is 629. The lowest BCUT2D eigenvalue weighted by Gasteiger charge is -2.24. The van der Waals surface area contributed by atoms with Crippen LogP contribution in [0.25, 0.3) is 0 Å². The lowest BCUT2D eigenvalue weighted by Crippen LogP contribution is -2.32. The molecule has 0 atom stereocenters. The minimum Gasteiger partial charge on any atom is -0.495 e. The summed E-state index contributed by atoms with van der Waals surface area (Å²) < 4.78 is 30.7. The first kappa shape index (κ1) is 20.3. The second-order valence-electron chi connectivity index (χ2n) is 6.14. The third-order valence-electron chi connectivity index (χ3n) is 3.56. The summed E-state index contributed by atoms with van der Waals surface area (Å²) in [6, 6.07) is 6.95. The molecule has 0 heterocycles. The molecule has 0 aliphatic carbocycles. The van der Waals surface area contributed by atoms with Crippen LogP contribution in [0.15, 0.2) is 24.3 Å². The number of ether oxygens (including phenoxy) is 1. The van der Waals surface area contributed by atoms with Crippen molar-refractivity contribution in [2.75, 3.05) is 30.8 Å². The topological polar surface area (TPSA) is 75.7 Å². The van der Waals surface area contributed by atoms with Crippen LogP contribution >= 0.6 is 0 Å². The highest BCUT2D eigenvalue weighted by Gasteiger charge is 2.20. The number of amides is 1. The van der Waals surface area contributed by atoms with Crippen molar-refractivity contribution < 1.29 is 17.9 Å². The van der Waals surface area contributed by atoms with Gasteiger partial charge in [0.1, 0.15) is 5.75 Å². The molecule has 0 spiro atoms. The molecular weight excluding hydrogens is 328 g/mol. The maximum atomic E-state index is 12.1. The van der Waals surface area contributed by atoms with Gasteiger partial charge in [-0.15, -0.1) is 0 Å². The molecule has 0 aliphatic rings. The zero-order valence-electron chi connectivity index (χ0n) is 14.9. The van der Waals surface area contributed by atoms with Gasteiger partial charge in [-0.05, 0) is 30.9 Å². The molecule has 1 aromatic carbocycles. The van der Waals surface area contributed by atoms with E-state index in [2.05, 4.69) is 19.2 Å². The average Bonchev–Trinajstić information content (AvgIpc) is 2.50. The quantitative estimate of drug-likeness (QED) is 0.698. The van der Waals surface area contributed by atoms with Crippen molar-refractivity contribution in [2.24, 2.45) is 5.92 Å². The number of hydrogen-bond acceptors (Lipinski definition) is 4. The average molecular weight is 356 g/mol. The molecule has 136 valence electrons. The number of nitrogens with zero attached hydrogens (tertiary/aromatic N) is 1. The molecule has 1 aromatic rings. The van der Waals surface area contributed by atoms with Gasteiger partial charge in [0.05, 0.1) is 19.1 Å². The van der Waals surface area contributed by atoms with Crippen LogP contribution in [0.4, 0.5) is 5.69 Å². The predicted molar refractivity (Wildman–Crippen MR) is 96.9 cm³/mol. The largest absolute Gasteiger partial charge is 0.495 e. The molecule has 24 heavy (non-hydrogen) atoms. The molecule has 1 amide bonds. The van der Waals surface area contributed by atoms with E-state index in [1.807, 2.05) is 0 Å². The first-order valence-electron chi connectivity index (χ1n) is 8.13. The summed E-state index contributed by atoms with van der Waals surface area (Å²) in [5.74, 6) is 0.977. The van der Waals surface area contributed by atoms with Crippen LogP contribution in [-0.2, 0) is 14.8 Å². The molecule has 0 saturated heterocycles. The van der Waals surface area contributed by atoms with Gasteiger partial charge in [-0.25, -0.2) is 8.42 Å². The van der Waals surface area contributed by atoms with Gasteiger partial charge in [0.25, 0.3) is 0 Å². The summed E-state index contributed by atoms with van der Waals surface area (Å²) in [7, 11) is -1.95. The first-order valence-corrected chi connectivity index (χ1v) is 9.98. The van der Waals surface area contributed by atoms with Crippen molar-refractivity contribution in [1.29, 1.82) is 0 Å². The Morgan fingerprint density at radius 3 is 2.54 bits per heavy atom. The van der Waals surface area contributed by atoms with Crippen LogP contribution in [0, 0.1) is 5.92 Å². The number of sulfonamides is 1. The standard InChI is InChI=1S/C17H28N2O4S/c1-14(2)11-12-18-17(20)10-7-13-19(24(4,21)22)15-8-5-6-9-16(15)23-3/h5-6,8-9,14H,7,10-13H2,1-4H3,(H,18,20). The van der Waals surface area contributed by atoms with Crippen LogP contribution in [0.3, 0.4) is 0 Å². The van der Waals surface area contributed by atoms with Gasteiger partial charge in [-0.1, -0.05) is 26.0 Å². The van der Waals surface area contributed by atoms with Crippen molar-refractivity contribution in [3.05, 3.63) is 24.3 Å². The number of anilines is 1. The van der Waals surface area contributed by atoms with Crippen molar-refractivity contribution >= 4 is 21.6 Å². The molecule has 0 aliphatic heterocycles. The van der Waals surface area contributed by atoms with E-state index in [0.717, 1.165) is 12.7 Å². The zero-order valence-corrected chi connectivity index (χ0v) is 15.7. The SMILES string of the molecule is COc1ccccc1N(CCCC(=O)NCCC(C)C)S(C)(=O)=O. The second kappa shape index (κ2) is 9.52. The minimum absolute atomic E-state index is 0.0517. The van der Waals surface area contributed by atoms with Gasteiger partial charge in [-0.2, -0.15) is 0 Å². The molecule has 0 aromatic heterocycles. The molecule has 0 bridgehead atoms. The lowest BCUT2D eigenvalue weighted by molar-refractivity contribution is -0.121. The van der Waals surface area contributed by atoms with Crippen molar-refractivity contribution in [3.8, 4) is 5.75 Å². The van der Waals surface area contributed by atoms with E-state index < -0.39 is 10.0 Å². The van der Waals surface area contributed by atoms with Crippen LogP contribution in [0.2, 0.25) is 0 Å². The van der Waals surface area contributed by atoms with E-state index >= 15 is 0 Å². The van der Waals surface area contributed by atoms with E-state index in [1.165, 1.54) is 11.4 Å². The minimum atomic E-state index is -3.46. The molecule has 0 unspecified atom stereocenters. The Morgan fingerprint density at radius 2 is 1.96 bits per heavy atom. The van der Waals surface area contributed by atoms with E-state index in [0.29, 0.717) is 36.7 Å². The monoisotopic (exact) mass is 356 g/mol. The van der Waals surface area contributed by atoms with Gasteiger partial charge in [0, 0.05) is 19.5 Å². The molecule has 0 fully saturated rings. The van der Waals surface area contributed by atoms with Crippen molar-refractivity contribution in [3.63, 3.8) is 0 Å². The highest BCUT2D eigenvalue weighted by atomic mass is 32.2. The molecule has 7 heteroatoms. The van der Waals surface area contributed by atoms with Crippen LogP contribution in [0.5, 0.6) is 5.75 Å². The number of rotatable bonds is 10. The molecule has 1 rings (SSSR count). The fourth-order valence-electron chi connectivity index (χ4n) is 2.27. The fourth-order valence-corrected chi connectivity index (χ4v) is 3.24. The highest BCUT2D eigenvalue weighted by molar-refractivity contribution is 7.92. The third-order valence-corrected chi connectivity index (χ3v) is 4.74. The van der Waals surface area contributed by atoms with E-state index in [1.54, 1.807) is 24.3 Å². The van der Waals surface area contributed by atoms with E-state index in [4.69, 9.17) is 4.74 Å². The van der Waals surface area contributed by atoms with E-state index in [-0.39, 0.29) is 12.5 Å². The smallest absolute Gasteiger partial charge is 0.232 e. The maximum absolute atomic E-state index is 12.1.